The normalized spacial score (nSPS) is 23.3. The van der Waals surface area contributed by atoms with Gasteiger partial charge in [0.25, 0.3) is 5.91 Å². The molecule has 1 saturated carbocycles. The average molecular weight is 369 g/mol. The van der Waals surface area contributed by atoms with Gasteiger partial charge in [-0.05, 0) is 48.6 Å². The number of fused-ring (bicyclic) bond motifs is 2. The van der Waals surface area contributed by atoms with E-state index in [4.69, 9.17) is 9.72 Å². The first-order valence-corrected chi connectivity index (χ1v) is 10.1. The zero-order chi connectivity index (χ0) is 18.3. The highest BCUT2D eigenvalue weighted by atomic mass is 32.1. The molecule has 1 N–H and O–H groups in total. The van der Waals surface area contributed by atoms with Gasteiger partial charge in [-0.2, -0.15) is 0 Å². The summed E-state index contributed by atoms with van der Waals surface area (Å²) in [6.07, 6.45) is 3.53. The summed E-state index contributed by atoms with van der Waals surface area (Å²) in [7, 11) is 1.66. The Labute approximate surface area is 157 Å². The molecule has 2 heterocycles. The SMILES string of the molecule is COc1ccc2nc3sc(C(=O)N[C@@H]4CCC[C@@H](C)[C@@H]4C)cc3cc2c1. The summed E-state index contributed by atoms with van der Waals surface area (Å²) in [6, 6.07) is 10.2. The van der Waals surface area contributed by atoms with Crippen molar-refractivity contribution in [3.63, 3.8) is 0 Å². The van der Waals surface area contributed by atoms with E-state index >= 15 is 0 Å². The van der Waals surface area contributed by atoms with Crippen LogP contribution in [0.3, 0.4) is 0 Å². The molecule has 0 aliphatic heterocycles. The number of hydrogen-bond acceptors (Lipinski definition) is 4. The molecule has 2 aromatic heterocycles. The van der Waals surface area contributed by atoms with Crippen molar-refractivity contribution in [2.24, 2.45) is 11.8 Å². The number of carbonyl (C=O) groups is 1. The summed E-state index contributed by atoms with van der Waals surface area (Å²) in [5, 5.41) is 5.29. The molecule has 3 atom stereocenters. The van der Waals surface area contributed by atoms with Crippen LogP contribution in [0, 0.1) is 11.8 Å². The molecule has 1 fully saturated rings. The second-order valence-electron chi connectivity index (χ2n) is 7.40. The quantitative estimate of drug-likeness (QED) is 0.707. The lowest BCUT2D eigenvalue weighted by molar-refractivity contribution is 0.0895. The van der Waals surface area contributed by atoms with Gasteiger partial charge in [-0.3, -0.25) is 4.79 Å². The van der Waals surface area contributed by atoms with Crippen LogP contribution >= 0.6 is 11.3 Å². The van der Waals surface area contributed by atoms with E-state index < -0.39 is 0 Å². The van der Waals surface area contributed by atoms with Gasteiger partial charge in [0.15, 0.2) is 0 Å². The van der Waals surface area contributed by atoms with Crippen molar-refractivity contribution < 1.29 is 9.53 Å². The minimum absolute atomic E-state index is 0.0283. The number of aromatic nitrogens is 1. The molecule has 0 radical (unpaired) electrons. The van der Waals surface area contributed by atoms with Gasteiger partial charge in [0, 0.05) is 16.8 Å². The number of carbonyl (C=O) groups excluding carboxylic acids is 1. The number of hydrogen-bond donors (Lipinski definition) is 1. The number of methoxy groups -OCH3 is 1. The Bertz CT molecular complexity index is 965. The third-order valence-electron chi connectivity index (χ3n) is 5.75. The molecule has 26 heavy (non-hydrogen) atoms. The first kappa shape index (κ1) is 17.3. The lowest BCUT2D eigenvalue weighted by atomic mass is 9.78. The van der Waals surface area contributed by atoms with E-state index in [9.17, 15) is 4.79 Å². The van der Waals surface area contributed by atoms with Crippen LogP contribution in [0.25, 0.3) is 21.1 Å². The average Bonchev–Trinajstić information content (AvgIpc) is 3.06. The second kappa shape index (κ2) is 6.88. The molecular formula is C21H24N2O2S. The maximum atomic E-state index is 12.8. The second-order valence-corrected chi connectivity index (χ2v) is 8.43. The van der Waals surface area contributed by atoms with E-state index in [1.807, 2.05) is 24.3 Å². The number of nitrogens with zero attached hydrogens (tertiary/aromatic N) is 1. The van der Waals surface area contributed by atoms with Gasteiger partial charge in [0.2, 0.25) is 0 Å². The summed E-state index contributed by atoms with van der Waals surface area (Å²) in [6.45, 7) is 4.54. The first-order chi connectivity index (χ1) is 12.5. The maximum absolute atomic E-state index is 12.8. The number of benzene rings is 1. The monoisotopic (exact) mass is 368 g/mol. The Morgan fingerprint density at radius 1 is 1.19 bits per heavy atom. The lowest BCUT2D eigenvalue weighted by Gasteiger charge is -2.34. The zero-order valence-electron chi connectivity index (χ0n) is 15.4. The summed E-state index contributed by atoms with van der Waals surface area (Å²) < 4.78 is 5.29. The predicted molar refractivity (Wildman–Crippen MR) is 107 cm³/mol. The molecule has 1 aliphatic rings. The largest absolute Gasteiger partial charge is 0.497 e. The van der Waals surface area contributed by atoms with Crippen LogP contribution in [-0.2, 0) is 0 Å². The molecule has 1 amide bonds. The van der Waals surface area contributed by atoms with E-state index in [-0.39, 0.29) is 11.9 Å². The fraction of sp³-hybridized carbons (Fsp3) is 0.429. The number of nitrogens with one attached hydrogen (secondary N) is 1. The highest BCUT2D eigenvalue weighted by Crippen LogP contribution is 2.32. The van der Waals surface area contributed by atoms with Crippen LogP contribution in [-0.4, -0.2) is 24.0 Å². The maximum Gasteiger partial charge on any atom is 0.261 e. The van der Waals surface area contributed by atoms with Crippen molar-refractivity contribution in [2.45, 2.75) is 39.2 Å². The Kier molecular flexibility index (Phi) is 4.57. The van der Waals surface area contributed by atoms with E-state index in [0.717, 1.165) is 38.2 Å². The van der Waals surface area contributed by atoms with Crippen LogP contribution in [0.4, 0.5) is 0 Å². The predicted octanol–water partition coefficient (Wildman–Crippen LogP) is 5.01. The van der Waals surface area contributed by atoms with Crippen LogP contribution < -0.4 is 10.1 Å². The van der Waals surface area contributed by atoms with Crippen LogP contribution in [0.5, 0.6) is 5.75 Å². The third-order valence-corrected chi connectivity index (χ3v) is 6.80. The van der Waals surface area contributed by atoms with Crippen molar-refractivity contribution >= 4 is 38.4 Å². The molecule has 0 saturated heterocycles. The van der Waals surface area contributed by atoms with Crippen LogP contribution in [0.2, 0.25) is 0 Å². The summed E-state index contributed by atoms with van der Waals surface area (Å²) >= 11 is 1.47. The number of ether oxygens (including phenoxy) is 1. The molecule has 136 valence electrons. The molecule has 4 rings (SSSR count). The molecular weight excluding hydrogens is 344 g/mol. The molecule has 1 aliphatic carbocycles. The molecule has 3 aromatic rings. The van der Waals surface area contributed by atoms with Gasteiger partial charge >= 0.3 is 0 Å². The lowest BCUT2D eigenvalue weighted by Crippen LogP contribution is -2.43. The molecule has 0 bridgehead atoms. The Morgan fingerprint density at radius 3 is 2.85 bits per heavy atom. The Morgan fingerprint density at radius 2 is 2.04 bits per heavy atom. The number of pyridine rings is 1. The third kappa shape index (κ3) is 3.16. The zero-order valence-corrected chi connectivity index (χ0v) is 16.2. The van der Waals surface area contributed by atoms with Crippen LogP contribution in [0.1, 0.15) is 42.8 Å². The minimum atomic E-state index is 0.0283. The van der Waals surface area contributed by atoms with Gasteiger partial charge in [-0.1, -0.05) is 26.7 Å². The van der Waals surface area contributed by atoms with E-state index in [0.29, 0.717) is 11.8 Å². The smallest absolute Gasteiger partial charge is 0.261 e. The van der Waals surface area contributed by atoms with E-state index in [1.165, 1.54) is 24.2 Å². The fourth-order valence-electron chi connectivity index (χ4n) is 3.88. The van der Waals surface area contributed by atoms with Crippen molar-refractivity contribution in [2.75, 3.05) is 7.11 Å². The Hall–Kier alpha value is -2.14. The Balaban J connectivity index is 1.62. The highest BCUT2D eigenvalue weighted by molar-refractivity contribution is 7.20. The topological polar surface area (TPSA) is 51.2 Å². The standard InChI is InChI=1S/C21H24N2O2S/c1-12-5-4-6-17(13(12)2)22-20(24)19-11-15-9-14-10-16(25-3)7-8-18(14)23-21(15)26-19/h7-13,17H,4-6H2,1-3H3,(H,22,24)/t12-,13+,17-/m1/s1. The van der Waals surface area contributed by atoms with Crippen LogP contribution in [0.15, 0.2) is 30.3 Å². The summed E-state index contributed by atoms with van der Waals surface area (Å²) in [5.74, 6) is 2.03. The van der Waals surface area contributed by atoms with E-state index in [2.05, 4.69) is 25.2 Å². The first-order valence-electron chi connectivity index (χ1n) is 9.24. The summed E-state index contributed by atoms with van der Waals surface area (Å²) in [4.78, 5) is 19.1. The van der Waals surface area contributed by atoms with E-state index in [1.54, 1.807) is 7.11 Å². The van der Waals surface area contributed by atoms with Gasteiger partial charge in [-0.25, -0.2) is 4.98 Å². The van der Waals surface area contributed by atoms with Gasteiger partial charge in [-0.15, -0.1) is 11.3 Å². The summed E-state index contributed by atoms with van der Waals surface area (Å²) in [5.41, 5.74) is 0.918. The number of rotatable bonds is 3. The van der Waals surface area contributed by atoms with Gasteiger partial charge < -0.3 is 10.1 Å². The highest BCUT2D eigenvalue weighted by Gasteiger charge is 2.28. The van der Waals surface area contributed by atoms with Crippen molar-refractivity contribution in [3.8, 4) is 5.75 Å². The molecule has 0 unspecified atom stereocenters. The number of amides is 1. The van der Waals surface area contributed by atoms with Crippen molar-refractivity contribution in [1.82, 2.24) is 10.3 Å². The molecule has 1 aromatic carbocycles. The fourth-order valence-corrected chi connectivity index (χ4v) is 4.80. The van der Waals surface area contributed by atoms with Gasteiger partial charge in [0.05, 0.1) is 17.5 Å². The van der Waals surface area contributed by atoms with Crippen molar-refractivity contribution in [3.05, 3.63) is 35.2 Å². The number of thiophene rings is 1. The minimum Gasteiger partial charge on any atom is -0.497 e. The van der Waals surface area contributed by atoms with Gasteiger partial charge in [0.1, 0.15) is 10.6 Å². The molecule has 4 nitrogen and oxygen atoms in total. The van der Waals surface area contributed by atoms with Crippen molar-refractivity contribution in [1.29, 1.82) is 0 Å². The molecule has 5 heteroatoms. The molecule has 0 spiro atoms.